The van der Waals surface area contributed by atoms with Crippen LogP contribution >= 0.6 is 0 Å². The van der Waals surface area contributed by atoms with Crippen molar-refractivity contribution in [3.05, 3.63) is 29.3 Å². The maximum atomic E-state index is 11.6. The fourth-order valence-electron chi connectivity index (χ4n) is 1.61. The van der Waals surface area contributed by atoms with E-state index >= 15 is 0 Å². The molecule has 0 radical (unpaired) electrons. The molecule has 0 aromatic heterocycles. The number of rotatable bonds is 5. The third-order valence-electron chi connectivity index (χ3n) is 2.38. The number of benzene rings is 1. The van der Waals surface area contributed by atoms with Crippen LogP contribution in [0.25, 0.3) is 0 Å². The molecule has 0 saturated carbocycles. The minimum absolute atomic E-state index is 0.0609. The highest BCUT2D eigenvalue weighted by atomic mass is 32.2. The number of hydrogen-bond acceptors (Lipinski definition) is 4. The second kappa shape index (κ2) is 5.80. The van der Waals surface area contributed by atoms with E-state index in [2.05, 4.69) is 0 Å². The van der Waals surface area contributed by atoms with Crippen LogP contribution < -0.4 is 15.6 Å². The number of primary sulfonamides is 1. The van der Waals surface area contributed by atoms with E-state index in [0.717, 1.165) is 0 Å². The molecule has 0 aliphatic carbocycles. The van der Waals surface area contributed by atoms with Gasteiger partial charge in [0.2, 0.25) is 10.0 Å². The first-order chi connectivity index (χ1) is 8.99. The zero-order valence-electron chi connectivity index (χ0n) is 11.8. The van der Waals surface area contributed by atoms with Gasteiger partial charge in [0.1, 0.15) is 5.75 Å². The molecule has 112 valence electrons. The fourth-order valence-corrected chi connectivity index (χ4v) is 2.28. The molecule has 0 aliphatic heterocycles. The first kappa shape index (κ1) is 16.5. The molecule has 20 heavy (non-hydrogen) atoms. The third kappa shape index (κ3) is 5.18. The second-order valence-corrected chi connectivity index (χ2v) is 7.43. The quantitative estimate of drug-likeness (QED) is 0.844. The number of carbonyl (C=O) groups is 1. The molecule has 1 aromatic rings. The second-order valence-electron chi connectivity index (χ2n) is 5.81. The van der Waals surface area contributed by atoms with Crippen LogP contribution in [-0.2, 0) is 15.8 Å². The molecule has 0 unspecified atom stereocenters. The fraction of sp³-hybridized carbons (Fsp3) is 0.462. The summed E-state index contributed by atoms with van der Waals surface area (Å²) < 4.78 is 28.0. The topological polar surface area (TPSA) is 112 Å². The normalized spacial score (nSPS) is 12.2. The van der Waals surface area contributed by atoms with Crippen molar-refractivity contribution >= 4 is 15.9 Å². The molecule has 0 bridgehead atoms. The number of carbonyl (C=O) groups excluding carboxylic acids is 1. The lowest BCUT2D eigenvalue weighted by atomic mass is 9.98. The van der Waals surface area contributed by atoms with Crippen LogP contribution in [-0.4, -0.2) is 20.9 Å². The highest BCUT2D eigenvalue weighted by molar-refractivity contribution is 7.88. The van der Waals surface area contributed by atoms with E-state index in [1.54, 1.807) is 12.1 Å². The smallest absolute Gasteiger partial charge is 0.252 e. The number of hydrogen-bond donors (Lipinski definition) is 2. The summed E-state index contributed by atoms with van der Waals surface area (Å²) in [5.74, 6) is -0.931. The standard InChI is InChI=1S/C13H20N2O4S/c1-13(2,3)8-19-10-6-4-5-9(7-20(15,17)18)11(10)12(14)16/h4-6H,7-8H2,1-3H3,(H2,14,16)(H2,15,17,18). The lowest BCUT2D eigenvalue weighted by molar-refractivity contribution is 0.0992. The van der Waals surface area contributed by atoms with Crippen molar-refractivity contribution in [1.29, 1.82) is 0 Å². The highest BCUT2D eigenvalue weighted by Crippen LogP contribution is 2.25. The number of ether oxygens (including phenoxy) is 1. The Balaban J connectivity index is 3.18. The van der Waals surface area contributed by atoms with Gasteiger partial charge in [-0.3, -0.25) is 4.79 Å². The molecule has 1 amide bonds. The summed E-state index contributed by atoms with van der Waals surface area (Å²) in [6, 6.07) is 4.68. The third-order valence-corrected chi connectivity index (χ3v) is 3.09. The van der Waals surface area contributed by atoms with E-state index in [-0.39, 0.29) is 22.3 Å². The first-order valence-electron chi connectivity index (χ1n) is 6.04. The Hall–Kier alpha value is -1.60. The molecule has 0 atom stereocenters. The maximum absolute atomic E-state index is 11.6. The Labute approximate surface area is 119 Å². The number of sulfonamides is 1. The predicted octanol–water partition coefficient (Wildman–Crippen LogP) is 0.999. The summed E-state index contributed by atoms with van der Waals surface area (Å²) in [6.07, 6.45) is 0. The van der Waals surface area contributed by atoms with Gasteiger partial charge in [0.05, 0.1) is 17.9 Å². The predicted molar refractivity (Wildman–Crippen MR) is 76.7 cm³/mol. The van der Waals surface area contributed by atoms with Crippen molar-refractivity contribution in [2.24, 2.45) is 16.3 Å². The molecule has 0 saturated heterocycles. The number of amides is 1. The lowest BCUT2D eigenvalue weighted by Gasteiger charge is -2.20. The Morgan fingerprint density at radius 2 is 1.90 bits per heavy atom. The van der Waals surface area contributed by atoms with Gasteiger partial charge in [-0.2, -0.15) is 0 Å². The van der Waals surface area contributed by atoms with E-state index in [1.165, 1.54) is 6.07 Å². The lowest BCUT2D eigenvalue weighted by Crippen LogP contribution is -2.22. The Bertz CT molecular complexity index is 603. The molecule has 0 spiro atoms. The maximum Gasteiger partial charge on any atom is 0.252 e. The van der Waals surface area contributed by atoms with Crippen molar-refractivity contribution in [2.75, 3.05) is 6.61 Å². The Morgan fingerprint density at radius 1 is 1.30 bits per heavy atom. The van der Waals surface area contributed by atoms with Crippen LogP contribution in [0.1, 0.15) is 36.7 Å². The molecular weight excluding hydrogens is 280 g/mol. The van der Waals surface area contributed by atoms with Crippen LogP contribution in [0.4, 0.5) is 0 Å². The average Bonchev–Trinajstić information content (AvgIpc) is 2.22. The molecule has 0 aliphatic rings. The zero-order chi connectivity index (χ0) is 15.6. The van der Waals surface area contributed by atoms with Gasteiger partial charge >= 0.3 is 0 Å². The van der Waals surface area contributed by atoms with Crippen LogP contribution in [0.5, 0.6) is 5.75 Å². The minimum Gasteiger partial charge on any atom is -0.492 e. The van der Waals surface area contributed by atoms with Crippen LogP contribution in [0.2, 0.25) is 0 Å². The SMILES string of the molecule is CC(C)(C)COc1cccc(CS(N)(=O)=O)c1C(N)=O. The molecule has 1 aromatic carbocycles. The Morgan fingerprint density at radius 3 is 2.35 bits per heavy atom. The number of nitrogens with two attached hydrogens (primary N) is 2. The van der Waals surface area contributed by atoms with E-state index in [9.17, 15) is 13.2 Å². The van der Waals surface area contributed by atoms with Gasteiger partial charge in [-0.1, -0.05) is 32.9 Å². The minimum atomic E-state index is -3.76. The average molecular weight is 300 g/mol. The van der Waals surface area contributed by atoms with Gasteiger partial charge < -0.3 is 10.5 Å². The van der Waals surface area contributed by atoms with Gasteiger partial charge in [0, 0.05) is 0 Å². The van der Waals surface area contributed by atoms with Gasteiger partial charge in [0.25, 0.3) is 5.91 Å². The van der Waals surface area contributed by atoms with Gasteiger partial charge in [-0.15, -0.1) is 0 Å². The van der Waals surface area contributed by atoms with E-state index < -0.39 is 21.7 Å². The highest BCUT2D eigenvalue weighted by Gasteiger charge is 2.20. The molecule has 6 nitrogen and oxygen atoms in total. The van der Waals surface area contributed by atoms with Gasteiger partial charge in [-0.05, 0) is 17.0 Å². The summed E-state index contributed by atoms with van der Waals surface area (Å²) >= 11 is 0. The van der Waals surface area contributed by atoms with Crippen LogP contribution in [0.15, 0.2) is 18.2 Å². The van der Waals surface area contributed by atoms with Gasteiger partial charge in [0.15, 0.2) is 0 Å². The van der Waals surface area contributed by atoms with Crippen molar-refractivity contribution in [1.82, 2.24) is 0 Å². The molecule has 1 rings (SSSR count). The number of primary amides is 1. The first-order valence-corrected chi connectivity index (χ1v) is 7.76. The Kier molecular flexibility index (Phi) is 4.77. The summed E-state index contributed by atoms with van der Waals surface area (Å²) in [6.45, 7) is 6.30. The van der Waals surface area contributed by atoms with Crippen molar-refractivity contribution < 1.29 is 17.9 Å². The molecule has 0 fully saturated rings. The van der Waals surface area contributed by atoms with Crippen molar-refractivity contribution in [3.8, 4) is 5.75 Å². The molecule has 0 heterocycles. The largest absolute Gasteiger partial charge is 0.492 e. The monoisotopic (exact) mass is 300 g/mol. The van der Waals surface area contributed by atoms with Crippen LogP contribution in [0, 0.1) is 5.41 Å². The van der Waals surface area contributed by atoms with Crippen molar-refractivity contribution in [2.45, 2.75) is 26.5 Å². The van der Waals surface area contributed by atoms with Crippen LogP contribution in [0.3, 0.4) is 0 Å². The van der Waals surface area contributed by atoms with E-state index in [1.807, 2.05) is 20.8 Å². The summed E-state index contributed by atoms with van der Waals surface area (Å²) in [5, 5.41) is 5.01. The molecule has 4 N–H and O–H groups in total. The molecular formula is C13H20N2O4S. The van der Waals surface area contributed by atoms with Crippen molar-refractivity contribution in [3.63, 3.8) is 0 Å². The molecule has 7 heteroatoms. The summed E-state index contributed by atoms with van der Waals surface area (Å²) in [5.41, 5.74) is 5.52. The summed E-state index contributed by atoms with van der Waals surface area (Å²) in [7, 11) is -3.76. The van der Waals surface area contributed by atoms with E-state index in [0.29, 0.717) is 6.61 Å². The summed E-state index contributed by atoms with van der Waals surface area (Å²) in [4.78, 5) is 11.6. The zero-order valence-corrected chi connectivity index (χ0v) is 12.7. The van der Waals surface area contributed by atoms with E-state index in [4.69, 9.17) is 15.6 Å². The van der Waals surface area contributed by atoms with Gasteiger partial charge in [-0.25, -0.2) is 13.6 Å².